The van der Waals surface area contributed by atoms with Gasteiger partial charge in [-0.05, 0) is 30.3 Å². The number of rotatable bonds is 5. The lowest BCUT2D eigenvalue weighted by molar-refractivity contribution is 0.197. The molecule has 0 atom stereocenters. The molecule has 0 saturated carbocycles. The molecule has 8 nitrogen and oxygen atoms in total. The quantitative estimate of drug-likeness (QED) is 0.468. The maximum atomic E-state index is 12.8. The molecule has 0 amide bonds. The van der Waals surface area contributed by atoms with Crippen molar-refractivity contribution in [2.75, 3.05) is 31.1 Å². The standard InChI is InChI=1S/C23H22ClN7O/c24-22-21(16-27-31(23(22)32)19-4-2-1-3-5-19)29-14-12-28(13-15-29)17-30-20(8-11-26-30)18-6-9-25-10-7-18/h1-11,16H,12-15,17H2. The molecule has 162 valence electrons. The molecular weight excluding hydrogens is 426 g/mol. The lowest BCUT2D eigenvalue weighted by Gasteiger charge is -2.36. The Hall–Kier alpha value is -3.49. The molecule has 5 rings (SSSR count). The van der Waals surface area contributed by atoms with Gasteiger partial charge in [0.25, 0.3) is 5.56 Å². The molecule has 1 aromatic carbocycles. The number of hydrogen-bond acceptors (Lipinski definition) is 6. The number of nitrogens with zero attached hydrogens (tertiary/aromatic N) is 7. The van der Waals surface area contributed by atoms with Crippen molar-refractivity contribution in [2.45, 2.75) is 6.67 Å². The van der Waals surface area contributed by atoms with E-state index in [1.54, 1.807) is 18.6 Å². The summed E-state index contributed by atoms with van der Waals surface area (Å²) < 4.78 is 3.33. The number of halogens is 1. The molecule has 0 radical (unpaired) electrons. The van der Waals surface area contributed by atoms with E-state index < -0.39 is 0 Å². The zero-order valence-electron chi connectivity index (χ0n) is 17.4. The Balaban J connectivity index is 1.28. The molecule has 0 N–H and O–H groups in total. The number of hydrogen-bond donors (Lipinski definition) is 0. The Kier molecular flexibility index (Phi) is 5.70. The van der Waals surface area contributed by atoms with E-state index in [0.717, 1.165) is 37.4 Å². The van der Waals surface area contributed by atoms with Gasteiger partial charge in [0.1, 0.15) is 5.02 Å². The van der Waals surface area contributed by atoms with Gasteiger partial charge in [0, 0.05) is 50.3 Å². The second-order valence-corrected chi connectivity index (χ2v) is 7.97. The van der Waals surface area contributed by atoms with Crippen LogP contribution in [0.5, 0.6) is 0 Å². The third kappa shape index (κ3) is 4.02. The lowest BCUT2D eigenvalue weighted by Crippen LogP contribution is -2.47. The predicted molar refractivity (Wildman–Crippen MR) is 124 cm³/mol. The number of anilines is 1. The molecule has 3 aromatic heterocycles. The summed E-state index contributed by atoms with van der Waals surface area (Å²) in [5.74, 6) is 0. The summed E-state index contributed by atoms with van der Waals surface area (Å²) in [6.45, 7) is 3.85. The minimum absolute atomic E-state index is 0.198. The number of pyridine rings is 1. The van der Waals surface area contributed by atoms with Crippen LogP contribution in [0, 0.1) is 0 Å². The first kappa shape index (κ1) is 20.4. The van der Waals surface area contributed by atoms with Crippen LogP contribution in [0.25, 0.3) is 16.9 Å². The van der Waals surface area contributed by atoms with Crippen LogP contribution in [-0.2, 0) is 6.67 Å². The molecule has 1 aliphatic rings. The molecule has 1 fully saturated rings. The average molecular weight is 448 g/mol. The molecule has 9 heteroatoms. The Morgan fingerprint density at radius 3 is 2.38 bits per heavy atom. The van der Waals surface area contributed by atoms with Crippen LogP contribution in [0.1, 0.15) is 0 Å². The third-order valence-electron chi connectivity index (χ3n) is 5.64. The van der Waals surface area contributed by atoms with Gasteiger partial charge in [-0.15, -0.1) is 0 Å². The number of aromatic nitrogens is 5. The molecule has 4 aromatic rings. The van der Waals surface area contributed by atoms with Crippen molar-refractivity contribution in [1.29, 1.82) is 0 Å². The number of benzene rings is 1. The fraction of sp³-hybridized carbons (Fsp3) is 0.217. The molecule has 0 spiro atoms. The summed E-state index contributed by atoms with van der Waals surface area (Å²) in [6, 6.07) is 15.3. The van der Waals surface area contributed by atoms with Gasteiger partial charge < -0.3 is 4.90 Å². The smallest absolute Gasteiger partial charge is 0.292 e. The second kappa shape index (κ2) is 8.94. The Morgan fingerprint density at radius 2 is 1.62 bits per heavy atom. The third-order valence-corrected chi connectivity index (χ3v) is 6.00. The summed E-state index contributed by atoms with van der Waals surface area (Å²) in [5, 5.41) is 9.05. The van der Waals surface area contributed by atoms with Crippen LogP contribution in [0.15, 0.2) is 78.1 Å². The maximum Gasteiger partial charge on any atom is 0.292 e. The molecule has 0 aliphatic carbocycles. The van der Waals surface area contributed by atoms with Crippen molar-refractivity contribution in [2.24, 2.45) is 0 Å². The van der Waals surface area contributed by atoms with Gasteiger partial charge in [-0.2, -0.15) is 14.9 Å². The minimum Gasteiger partial charge on any atom is -0.366 e. The fourth-order valence-electron chi connectivity index (χ4n) is 3.93. The van der Waals surface area contributed by atoms with Crippen molar-refractivity contribution in [3.8, 4) is 16.9 Å². The van der Waals surface area contributed by atoms with E-state index in [4.69, 9.17) is 11.6 Å². The Labute approximate surface area is 190 Å². The van der Waals surface area contributed by atoms with Gasteiger partial charge in [-0.25, -0.2) is 0 Å². The van der Waals surface area contributed by atoms with E-state index in [2.05, 4.69) is 25.0 Å². The lowest BCUT2D eigenvalue weighted by atomic mass is 10.2. The van der Waals surface area contributed by atoms with E-state index in [1.165, 1.54) is 4.68 Å². The molecule has 32 heavy (non-hydrogen) atoms. The normalized spacial score (nSPS) is 14.6. The molecule has 1 aliphatic heterocycles. The van der Waals surface area contributed by atoms with Crippen molar-refractivity contribution < 1.29 is 0 Å². The predicted octanol–water partition coefficient (Wildman–Crippen LogP) is 2.92. The fourth-order valence-corrected chi connectivity index (χ4v) is 4.18. The van der Waals surface area contributed by atoms with E-state index in [0.29, 0.717) is 18.0 Å². The van der Waals surface area contributed by atoms with Crippen LogP contribution in [0.4, 0.5) is 5.69 Å². The Morgan fingerprint density at radius 1 is 0.875 bits per heavy atom. The second-order valence-electron chi connectivity index (χ2n) is 7.59. The first-order valence-corrected chi connectivity index (χ1v) is 10.8. The molecule has 1 saturated heterocycles. The van der Waals surface area contributed by atoms with Crippen molar-refractivity contribution >= 4 is 17.3 Å². The summed E-state index contributed by atoms with van der Waals surface area (Å²) in [4.78, 5) is 21.3. The first-order valence-electron chi connectivity index (χ1n) is 10.4. The Bertz CT molecular complexity index is 1250. The van der Waals surface area contributed by atoms with Crippen molar-refractivity contribution in [3.63, 3.8) is 0 Å². The van der Waals surface area contributed by atoms with Crippen LogP contribution in [0.3, 0.4) is 0 Å². The largest absolute Gasteiger partial charge is 0.366 e. The van der Waals surface area contributed by atoms with Gasteiger partial charge >= 0.3 is 0 Å². The van der Waals surface area contributed by atoms with Gasteiger partial charge in [0.2, 0.25) is 0 Å². The first-order chi connectivity index (χ1) is 15.7. The molecule has 0 unspecified atom stereocenters. The highest BCUT2D eigenvalue weighted by atomic mass is 35.5. The van der Waals surface area contributed by atoms with Crippen molar-refractivity contribution in [1.82, 2.24) is 29.4 Å². The number of para-hydroxylation sites is 1. The highest BCUT2D eigenvalue weighted by Gasteiger charge is 2.22. The summed E-state index contributed by atoms with van der Waals surface area (Å²) in [6.07, 6.45) is 7.07. The van der Waals surface area contributed by atoms with Gasteiger partial charge in [0.05, 0.1) is 29.9 Å². The van der Waals surface area contributed by atoms with E-state index in [9.17, 15) is 4.79 Å². The van der Waals surface area contributed by atoms with Crippen molar-refractivity contribution in [3.05, 3.63) is 88.7 Å². The SMILES string of the molecule is O=c1c(Cl)c(N2CCN(Cn3nccc3-c3ccncc3)CC2)cnn1-c1ccccc1. The number of piperazine rings is 1. The maximum absolute atomic E-state index is 12.8. The monoisotopic (exact) mass is 447 g/mol. The highest BCUT2D eigenvalue weighted by Crippen LogP contribution is 2.24. The summed E-state index contributed by atoms with van der Waals surface area (Å²) >= 11 is 6.47. The molecule has 0 bridgehead atoms. The van der Waals surface area contributed by atoms with Crippen LogP contribution in [0.2, 0.25) is 5.02 Å². The molecular formula is C23H22ClN7O. The highest BCUT2D eigenvalue weighted by molar-refractivity contribution is 6.33. The topological polar surface area (TPSA) is 72.1 Å². The van der Waals surface area contributed by atoms with E-state index in [1.807, 2.05) is 59.4 Å². The van der Waals surface area contributed by atoms with Gasteiger partial charge in [0.15, 0.2) is 0 Å². The zero-order chi connectivity index (χ0) is 21.9. The summed E-state index contributed by atoms with van der Waals surface area (Å²) in [7, 11) is 0. The minimum atomic E-state index is -0.309. The van der Waals surface area contributed by atoms with E-state index in [-0.39, 0.29) is 10.6 Å². The van der Waals surface area contributed by atoms with E-state index >= 15 is 0 Å². The zero-order valence-corrected chi connectivity index (χ0v) is 18.1. The van der Waals surface area contributed by atoms with Crippen LogP contribution < -0.4 is 10.5 Å². The van der Waals surface area contributed by atoms with Gasteiger partial charge in [-0.1, -0.05) is 29.8 Å². The van der Waals surface area contributed by atoms with Crippen LogP contribution >= 0.6 is 11.6 Å². The summed E-state index contributed by atoms with van der Waals surface area (Å²) in [5.41, 5.74) is 3.22. The average Bonchev–Trinajstić information content (AvgIpc) is 3.31. The van der Waals surface area contributed by atoms with Gasteiger partial charge in [-0.3, -0.25) is 19.4 Å². The molecule has 4 heterocycles. The van der Waals surface area contributed by atoms with Crippen LogP contribution in [-0.4, -0.2) is 55.6 Å².